The zero-order valence-electron chi connectivity index (χ0n) is 8.08. The molecule has 0 radical (unpaired) electrons. The van der Waals surface area contributed by atoms with Crippen molar-refractivity contribution in [1.82, 2.24) is 5.16 Å². The van der Waals surface area contributed by atoms with Gasteiger partial charge in [0, 0.05) is 6.07 Å². The summed E-state index contributed by atoms with van der Waals surface area (Å²) in [4.78, 5) is 10.6. The fraction of sp³-hybridized carbons (Fsp3) is 0. The van der Waals surface area contributed by atoms with Crippen LogP contribution in [0.3, 0.4) is 0 Å². The van der Waals surface area contributed by atoms with Gasteiger partial charge < -0.3 is 9.63 Å². The Kier molecular flexibility index (Phi) is 3.04. The van der Waals surface area contributed by atoms with E-state index in [2.05, 4.69) is 9.68 Å². The minimum absolute atomic E-state index is 0.0209. The fourth-order valence-corrected chi connectivity index (χ4v) is 1.66. The molecule has 2 rings (SSSR count). The maximum absolute atomic E-state index is 13.7. The number of carbonyl (C=O) groups is 1. The van der Waals surface area contributed by atoms with Crippen molar-refractivity contribution < 1.29 is 18.8 Å². The van der Waals surface area contributed by atoms with Gasteiger partial charge in [0.05, 0.1) is 15.6 Å². The van der Waals surface area contributed by atoms with Crippen LogP contribution >= 0.6 is 23.2 Å². The van der Waals surface area contributed by atoms with Crippen LogP contribution in [-0.4, -0.2) is 16.2 Å². The molecule has 0 unspecified atom stereocenters. The van der Waals surface area contributed by atoms with Gasteiger partial charge in [0.25, 0.3) is 0 Å². The minimum Gasteiger partial charge on any atom is -0.475 e. The molecule has 4 nitrogen and oxygen atoms in total. The van der Waals surface area contributed by atoms with E-state index in [-0.39, 0.29) is 21.3 Å². The van der Waals surface area contributed by atoms with E-state index in [0.717, 1.165) is 6.07 Å². The number of aromatic carboxylic acids is 1. The Morgan fingerprint density at radius 1 is 1.35 bits per heavy atom. The summed E-state index contributed by atoms with van der Waals surface area (Å²) < 4.78 is 18.2. The molecule has 0 aliphatic rings. The van der Waals surface area contributed by atoms with Crippen LogP contribution in [0.2, 0.25) is 10.0 Å². The van der Waals surface area contributed by atoms with Crippen molar-refractivity contribution in [3.63, 3.8) is 0 Å². The standard InChI is InChI=1S/C10H4Cl2FNO3/c11-4-1-2-5(12)9(13)8(4)6-3-7(10(15)16)17-14-6/h1-3H,(H,15,16). The van der Waals surface area contributed by atoms with Gasteiger partial charge in [0.2, 0.25) is 5.76 Å². The van der Waals surface area contributed by atoms with Crippen LogP contribution in [0, 0.1) is 5.82 Å². The molecule has 0 saturated heterocycles. The van der Waals surface area contributed by atoms with E-state index >= 15 is 0 Å². The van der Waals surface area contributed by atoms with Gasteiger partial charge in [-0.05, 0) is 12.1 Å². The third-order valence-electron chi connectivity index (χ3n) is 2.02. The van der Waals surface area contributed by atoms with Crippen LogP contribution in [0.5, 0.6) is 0 Å². The summed E-state index contributed by atoms with van der Waals surface area (Å²) in [6, 6.07) is 3.75. The van der Waals surface area contributed by atoms with Gasteiger partial charge in [-0.3, -0.25) is 0 Å². The molecule has 1 heterocycles. The number of hydrogen-bond donors (Lipinski definition) is 1. The first kappa shape index (κ1) is 11.9. The summed E-state index contributed by atoms with van der Waals surface area (Å²) in [6.07, 6.45) is 0. The number of rotatable bonds is 2. The zero-order chi connectivity index (χ0) is 12.6. The summed E-state index contributed by atoms with van der Waals surface area (Å²) in [7, 11) is 0. The summed E-state index contributed by atoms with van der Waals surface area (Å²) in [5, 5.41) is 12.0. The van der Waals surface area contributed by atoms with Gasteiger partial charge in [0.15, 0.2) is 5.82 Å². The van der Waals surface area contributed by atoms with E-state index in [1.807, 2.05) is 0 Å². The summed E-state index contributed by atoms with van der Waals surface area (Å²) >= 11 is 11.4. The van der Waals surface area contributed by atoms with Crippen molar-refractivity contribution in [3.05, 3.63) is 39.8 Å². The number of benzene rings is 1. The molecule has 1 aromatic carbocycles. The highest BCUT2D eigenvalue weighted by Gasteiger charge is 2.19. The number of halogens is 3. The van der Waals surface area contributed by atoms with Gasteiger partial charge in [-0.15, -0.1) is 0 Å². The molecule has 0 fully saturated rings. The number of hydrogen-bond acceptors (Lipinski definition) is 3. The SMILES string of the molecule is O=C(O)c1cc(-c2c(Cl)ccc(Cl)c2F)no1. The zero-order valence-corrected chi connectivity index (χ0v) is 9.59. The lowest BCUT2D eigenvalue weighted by Gasteiger charge is -2.02. The highest BCUT2D eigenvalue weighted by Crippen LogP contribution is 2.33. The van der Waals surface area contributed by atoms with Crippen LogP contribution in [0.1, 0.15) is 10.6 Å². The second kappa shape index (κ2) is 4.35. The van der Waals surface area contributed by atoms with Gasteiger partial charge in [-0.2, -0.15) is 0 Å². The monoisotopic (exact) mass is 275 g/mol. The minimum atomic E-state index is -1.30. The molecule has 0 amide bonds. The summed E-state index contributed by atoms with van der Waals surface area (Å²) in [5.74, 6) is -2.48. The number of aromatic nitrogens is 1. The first-order valence-electron chi connectivity index (χ1n) is 4.34. The van der Waals surface area contributed by atoms with Crippen LogP contribution in [0.4, 0.5) is 4.39 Å². The Bertz CT molecular complexity index is 597. The molecule has 2 aromatic rings. The van der Waals surface area contributed by atoms with Crippen molar-refractivity contribution in [1.29, 1.82) is 0 Å². The molecule has 7 heteroatoms. The van der Waals surface area contributed by atoms with E-state index in [9.17, 15) is 9.18 Å². The first-order valence-corrected chi connectivity index (χ1v) is 5.10. The molecule has 0 atom stereocenters. The smallest absolute Gasteiger partial charge is 0.374 e. The lowest BCUT2D eigenvalue weighted by atomic mass is 10.1. The molecule has 1 aromatic heterocycles. The molecule has 0 aliphatic heterocycles. The van der Waals surface area contributed by atoms with Crippen molar-refractivity contribution >= 4 is 29.2 Å². The first-order chi connectivity index (χ1) is 8.00. The van der Waals surface area contributed by atoms with E-state index < -0.39 is 17.5 Å². The number of carboxylic acids is 1. The van der Waals surface area contributed by atoms with Crippen molar-refractivity contribution in [3.8, 4) is 11.3 Å². The highest BCUT2D eigenvalue weighted by atomic mass is 35.5. The van der Waals surface area contributed by atoms with Crippen LogP contribution in [-0.2, 0) is 0 Å². The number of carboxylic acid groups (broad SMARTS) is 1. The molecular weight excluding hydrogens is 272 g/mol. The second-order valence-electron chi connectivity index (χ2n) is 3.10. The average molecular weight is 276 g/mol. The third kappa shape index (κ3) is 2.11. The predicted octanol–water partition coefficient (Wildman–Crippen LogP) is 3.49. The highest BCUT2D eigenvalue weighted by molar-refractivity contribution is 6.35. The molecule has 88 valence electrons. The Hall–Kier alpha value is -1.59. The Morgan fingerprint density at radius 3 is 2.59 bits per heavy atom. The normalized spacial score (nSPS) is 10.5. The van der Waals surface area contributed by atoms with E-state index in [1.54, 1.807) is 0 Å². The Balaban J connectivity index is 2.60. The molecule has 0 aliphatic carbocycles. The van der Waals surface area contributed by atoms with Gasteiger partial charge >= 0.3 is 5.97 Å². The molecular formula is C10H4Cl2FNO3. The van der Waals surface area contributed by atoms with Gasteiger partial charge in [-0.25, -0.2) is 9.18 Å². The van der Waals surface area contributed by atoms with Gasteiger partial charge in [-0.1, -0.05) is 28.4 Å². The topological polar surface area (TPSA) is 63.3 Å². The molecule has 0 bridgehead atoms. The molecule has 1 N–H and O–H groups in total. The lowest BCUT2D eigenvalue weighted by molar-refractivity contribution is 0.0652. The second-order valence-corrected chi connectivity index (χ2v) is 3.91. The predicted molar refractivity (Wildman–Crippen MR) is 58.9 cm³/mol. The van der Waals surface area contributed by atoms with Gasteiger partial charge in [0.1, 0.15) is 5.69 Å². The Labute approximate surface area is 105 Å². The maximum atomic E-state index is 13.7. The van der Waals surface area contributed by atoms with E-state index in [4.69, 9.17) is 28.3 Å². The Morgan fingerprint density at radius 2 is 2.00 bits per heavy atom. The van der Waals surface area contributed by atoms with E-state index in [0.29, 0.717) is 0 Å². The van der Waals surface area contributed by atoms with Crippen molar-refractivity contribution in [2.45, 2.75) is 0 Å². The fourth-order valence-electron chi connectivity index (χ4n) is 1.26. The average Bonchev–Trinajstić information content (AvgIpc) is 2.73. The maximum Gasteiger partial charge on any atom is 0.374 e. The molecule has 17 heavy (non-hydrogen) atoms. The van der Waals surface area contributed by atoms with Crippen LogP contribution < -0.4 is 0 Å². The molecule has 0 saturated carbocycles. The third-order valence-corrected chi connectivity index (χ3v) is 2.63. The van der Waals surface area contributed by atoms with Crippen molar-refractivity contribution in [2.24, 2.45) is 0 Å². The summed E-state index contributed by atoms with van der Waals surface area (Å²) in [5.41, 5.74) is -0.109. The lowest BCUT2D eigenvalue weighted by Crippen LogP contribution is -1.92. The largest absolute Gasteiger partial charge is 0.475 e. The molecule has 0 spiro atoms. The quantitative estimate of drug-likeness (QED) is 0.853. The van der Waals surface area contributed by atoms with E-state index in [1.165, 1.54) is 12.1 Å². The summed E-state index contributed by atoms with van der Waals surface area (Å²) in [6.45, 7) is 0. The number of nitrogens with zero attached hydrogens (tertiary/aromatic N) is 1. The van der Waals surface area contributed by atoms with Crippen LogP contribution in [0.25, 0.3) is 11.3 Å². The van der Waals surface area contributed by atoms with Crippen LogP contribution in [0.15, 0.2) is 22.7 Å². The van der Waals surface area contributed by atoms with Crippen molar-refractivity contribution in [2.75, 3.05) is 0 Å².